The van der Waals surface area contributed by atoms with Crippen LogP contribution in [-0.2, 0) is 25.2 Å². The number of para-hydroxylation sites is 1. The van der Waals surface area contributed by atoms with Crippen molar-refractivity contribution in [1.82, 2.24) is 9.78 Å². The standard InChI is InChI=1S/C18H18F3N3O4/c1-3-27-16(25)13(17(26)28-4-2)11-22-15-10-14(18(19,20)21)23-24(15)12-8-6-5-7-9-12/h5-11,22H,3-4H2,1-2H3. The summed E-state index contributed by atoms with van der Waals surface area (Å²) >= 11 is 0. The lowest BCUT2D eigenvalue weighted by Gasteiger charge is -2.09. The van der Waals surface area contributed by atoms with E-state index >= 15 is 0 Å². The lowest BCUT2D eigenvalue weighted by molar-refractivity contribution is -0.146. The Morgan fingerprint density at radius 1 is 1.11 bits per heavy atom. The van der Waals surface area contributed by atoms with Gasteiger partial charge in [0.2, 0.25) is 0 Å². The summed E-state index contributed by atoms with van der Waals surface area (Å²) < 4.78 is 49.8. The Kier molecular flexibility index (Phi) is 6.80. The van der Waals surface area contributed by atoms with Crippen molar-refractivity contribution in [2.75, 3.05) is 18.5 Å². The molecular formula is C18H18F3N3O4. The number of anilines is 1. The summed E-state index contributed by atoms with van der Waals surface area (Å²) in [5, 5.41) is 6.08. The minimum atomic E-state index is -4.68. The van der Waals surface area contributed by atoms with Crippen LogP contribution in [-0.4, -0.2) is 34.9 Å². The van der Waals surface area contributed by atoms with E-state index in [1.54, 1.807) is 44.2 Å². The van der Waals surface area contributed by atoms with Gasteiger partial charge in [-0.25, -0.2) is 14.3 Å². The number of halogens is 3. The highest BCUT2D eigenvalue weighted by molar-refractivity contribution is 6.14. The number of benzene rings is 1. The molecule has 1 aromatic heterocycles. The fourth-order valence-electron chi connectivity index (χ4n) is 2.15. The van der Waals surface area contributed by atoms with Gasteiger partial charge in [0.1, 0.15) is 5.82 Å². The fourth-order valence-corrected chi connectivity index (χ4v) is 2.15. The highest BCUT2D eigenvalue weighted by Gasteiger charge is 2.35. The van der Waals surface area contributed by atoms with E-state index in [-0.39, 0.29) is 19.0 Å². The SMILES string of the molecule is CCOC(=O)C(=CNc1cc(C(F)(F)F)nn1-c1ccccc1)C(=O)OCC. The van der Waals surface area contributed by atoms with Gasteiger partial charge >= 0.3 is 18.1 Å². The third-order valence-electron chi connectivity index (χ3n) is 3.36. The second kappa shape index (κ2) is 9.07. The lowest BCUT2D eigenvalue weighted by atomic mass is 10.3. The molecule has 0 saturated carbocycles. The summed E-state index contributed by atoms with van der Waals surface area (Å²) in [4.78, 5) is 23.9. The third kappa shape index (κ3) is 5.12. The molecule has 0 amide bonds. The second-order valence-electron chi connectivity index (χ2n) is 5.30. The fraction of sp³-hybridized carbons (Fsp3) is 0.278. The van der Waals surface area contributed by atoms with Crippen LogP contribution in [0.25, 0.3) is 5.69 Å². The second-order valence-corrected chi connectivity index (χ2v) is 5.30. The Labute approximate surface area is 158 Å². The van der Waals surface area contributed by atoms with Gasteiger partial charge in [0.05, 0.1) is 18.9 Å². The molecule has 0 aliphatic heterocycles. The van der Waals surface area contributed by atoms with E-state index in [0.717, 1.165) is 16.9 Å². The van der Waals surface area contributed by atoms with E-state index in [2.05, 4.69) is 10.4 Å². The first kappa shape index (κ1) is 21.0. The molecule has 0 radical (unpaired) electrons. The molecule has 1 heterocycles. The molecule has 1 N–H and O–H groups in total. The van der Waals surface area contributed by atoms with Crippen molar-refractivity contribution < 1.29 is 32.2 Å². The number of alkyl halides is 3. The highest BCUT2D eigenvalue weighted by Crippen LogP contribution is 2.31. The predicted octanol–water partition coefficient (Wildman–Crippen LogP) is 3.31. The summed E-state index contributed by atoms with van der Waals surface area (Å²) in [6, 6.07) is 8.83. The van der Waals surface area contributed by atoms with Crippen molar-refractivity contribution in [3.8, 4) is 5.69 Å². The molecule has 2 rings (SSSR count). The maximum Gasteiger partial charge on any atom is 0.435 e. The van der Waals surface area contributed by atoms with Gasteiger partial charge in [-0.15, -0.1) is 0 Å². The number of esters is 2. The van der Waals surface area contributed by atoms with E-state index < -0.39 is 29.4 Å². The van der Waals surface area contributed by atoms with Crippen LogP contribution in [0.15, 0.2) is 48.2 Å². The number of ether oxygens (including phenoxy) is 2. The van der Waals surface area contributed by atoms with Gasteiger partial charge in [-0.2, -0.15) is 18.3 Å². The maximum absolute atomic E-state index is 13.1. The van der Waals surface area contributed by atoms with Crippen LogP contribution in [0.5, 0.6) is 0 Å². The normalized spacial score (nSPS) is 10.9. The smallest absolute Gasteiger partial charge is 0.435 e. The average molecular weight is 397 g/mol. The van der Waals surface area contributed by atoms with Gasteiger partial charge < -0.3 is 14.8 Å². The van der Waals surface area contributed by atoms with Crippen molar-refractivity contribution in [2.45, 2.75) is 20.0 Å². The molecular weight excluding hydrogens is 379 g/mol. The molecule has 0 saturated heterocycles. The van der Waals surface area contributed by atoms with Crippen LogP contribution in [0.4, 0.5) is 19.0 Å². The van der Waals surface area contributed by atoms with Crippen molar-refractivity contribution in [3.05, 3.63) is 53.9 Å². The molecule has 0 spiro atoms. The van der Waals surface area contributed by atoms with Gasteiger partial charge in [-0.3, -0.25) is 0 Å². The van der Waals surface area contributed by atoms with Crippen molar-refractivity contribution in [2.24, 2.45) is 0 Å². The molecule has 0 unspecified atom stereocenters. The van der Waals surface area contributed by atoms with Gasteiger partial charge in [0, 0.05) is 12.3 Å². The predicted molar refractivity (Wildman–Crippen MR) is 93.5 cm³/mol. The first-order chi connectivity index (χ1) is 13.3. The molecule has 0 atom stereocenters. The Balaban J connectivity index is 2.44. The van der Waals surface area contributed by atoms with E-state index in [1.807, 2.05) is 0 Å². The third-order valence-corrected chi connectivity index (χ3v) is 3.36. The molecule has 2 aromatic rings. The molecule has 28 heavy (non-hydrogen) atoms. The van der Waals surface area contributed by atoms with Gasteiger partial charge in [-0.05, 0) is 26.0 Å². The number of carbonyl (C=O) groups excluding carboxylic acids is 2. The summed E-state index contributed by atoms with van der Waals surface area (Å²) in [6.45, 7) is 3.12. The zero-order valence-corrected chi connectivity index (χ0v) is 15.1. The molecule has 0 fully saturated rings. The van der Waals surface area contributed by atoms with E-state index in [9.17, 15) is 22.8 Å². The number of aromatic nitrogens is 2. The first-order valence-electron chi connectivity index (χ1n) is 8.31. The molecule has 150 valence electrons. The Bertz CT molecular complexity index is 841. The van der Waals surface area contributed by atoms with Crippen LogP contribution in [0.2, 0.25) is 0 Å². The number of hydrogen-bond donors (Lipinski definition) is 1. The van der Waals surface area contributed by atoms with Crippen LogP contribution in [0.1, 0.15) is 19.5 Å². The number of rotatable bonds is 7. The molecule has 0 aliphatic rings. The maximum atomic E-state index is 13.1. The van der Waals surface area contributed by atoms with Crippen molar-refractivity contribution in [1.29, 1.82) is 0 Å². The Morgan fingerprint density at radius 3 is 2.18 bits per heavy atom. The molecule has 0 bridgehead atoms. The molecule has 7 nitrogen and oxygen atoms in total. The quantitative estimate of drug-likeness (QED) is 0.334. The molecule has 0 aliphatic carbocycles. The average Bonchev–Trinajstić information content (AvgIpc) is 3.08. The number of nitrogens with one attached hydrogen (secondary N) is 1. The number of carbonyl (C=O) groups is 2. The molecule has 1 aromatic carbocycles. The largest absolute Gasteiger partial charge is 0.462 e. The van der Waals surface area contributed by atoms with Gasteiger partial charge in [0.15, 0.2) is 11.3 Å². The van der Waals surface area contributed by atoms with E-state index in [1.165, 1.54) is 0 Å². The minimum Gasteiger partial charge on any atom is -0.462 e. The van der Waals surface area contributed by atoms with Crippen molar-refractivity contribution >= 4 is 17.8 Å². The zero-order chi connectivity index (χ0) is 20.7. The van der Waals surface area contributed by atoms with Gasteiger partial charge in [0.25, 0.3) is 0 Å². The van der Waals surface area contributed by atoms with Crippen LogP contribution >= 0.6 is 0 Å². The highest BCUT2D eigenvalue weighted by atomic mass is 19.4. The number of hydrogen-bond acceptors (Lipinski definition) is 6. The van der Waals surface area contributed by atoms with Crippen LogP contribution < -0.4 is 5.32 Å². The summed E-state index contributed by atoms with van der Waals surface area (Å²) in [5.41, 5.74) is -1.28. The number of nitrogens with zero attached hydrogens (tertiary/aromatic N) is 2. The zero-order valence-electron chi connectivity index (χ0n) is 15.1. The first-order valence-corrected chi connectivity index (χ1v) is 8.31. The van der Waals surface area contributed by atoms with Gasteiger partial charge in [-0.1, -0.05) is 18.2 Å². The van der Waals surface area contributed by atoms with Crippen LogP contribution in [0.3, 0.4) is 0 Å². The minimum absolute atomic E-state index is 0.00967. The van der Waals surface area contributed by atoms with Crippen LogP contribution in [0, 0.1) is 0 Å². The summed E-state index contributed by atoms with van der Waals surface area (Å²) in [5.74, 6) is -2.03. The Hall–Kier alpha value is -3.30. The topological polar surface area (TPSA) is 82.5 Å². The van der Waals surface area contributed by atoms with E-state index in [0.29, 0.717) is 5.69 Å². The summed E-state index contributed by atoms with van der Waals surface area (Å²) in [7, 11) is 0. The Morgan fingerprint density at radius 2 is 1.68 bits per heavy atom. The van der Waals surface area contributed by atoms with E-state index in [4.69, 9.17) is 9.47 Å². The monoisotopic (exact) mass is 397 g/mol. The summed E-state index contributed by atoms with van der Waals surface area (Å²) in [6.07, 6.45) is -3.74. The molecule has 10 heteroatoms. The lowest BCUT2D eigenvalue weighted by Crippen LogP contribution is -2.19. The van der Waals surface area contributed by atoms with Crippen molar-refractivity contribution in [3.63, 3.8) is 0 Å².